The number of hydrogen-bond donors (Lipinski definition) is 2. The van der Waals surface area contributed by atoms with Gasteiger partial charge in [0, 0.05) is 13.2 Å². The zero-order valence-electron chi connectivity index (χ0n) is 10.3. The van der Waals surface area contributed by atoms with E-state index in [1.807, 2.05) is 6.92 Å². The van der Waals surface area contributed by atoms with Crippen molar-refractivity contribution in [1.29, 1.82) is 0 Å². The lowest BCUT2D eigenvalue weighted by atomic mass is 9.98. The van der Waals surface area contributed by atoms with E-state index in [9.17, 15) is 9.90 Å². The van der Waals surface area contributed by atoms with E-state index in [0.29, 0.717) is 19.6 Å². The molecule has 4 heteroatoms. The summed E-state index contributed by atoms with van der Waals surface area (Å²) in [6.07, 6.45) is 3.45. The predicted molar refractivity (Wildman–Crippen MR) is 62.1 cm³/mol. The Hall–Kier alpha value is -0.610. The maximum absolute atomic E-state index is 11.7. The van der Waals surface area contributed by atoms with Gasteiger partial charge in [-0.25, -0.2) is 0 Å². The van der Waals surface area contributed by atoms with E-state index in [2.05, 4.69) is 5.32 Å². The topological polar surface area (TPSA) is 58.6 Å². The van der Waals surface area contributed by atoms with Crippen molar-refractivity contribution in [3.8, 4) is 0 Å². The molecule has 0 radical (unpaired) electrons. The predicted octanol–water partition coefficient (Wildman–Crippen LogP) is 1.08. The Labute approximate surface area is 97.4 Å². The third kappa shape index (κ3) is 4.49. The number of carbonyl (C=O) groups is 1. The molecule has 4 nitrogen and oxygen atoms in total. The highest BCUT2D eigenvalue weighted by Crippen LogP contribution is 2.15. The van der Waals surface area contributed by atoms with Gasteiger partial charge in [-0.05, 0) is 26.2 Å². The van der Waals surface area contributed by atoms with Crippen LogP contribution in [0.3, 0.4) is 0 Å². The molecule has 0 aliphatic carbocycles. The lowest BCUT2D eigenvalue weighted by Gasteiger charge is -2.26. The van der Waals surface area contributed by atoms with Crippen molar-refractivity contribution in [3.05, 3.63) is 0 Å². The molecule has 2 atom stereocenters. The van der Waals surface area contributed by atoms with E-state index in [1.54, 1.807) is 6.92 Å². The molecule has 1 aliphatic heterocycles. The van der Waals surface area contributed by atoms with Gasteiger partial charge in [0.1, 0.15) is 0 Å². The third-order valence-electron chi connectivity index (χ3n) is 2.96. The molecule has 0 saturated carbocycles. The lowest BCUT2D eigenvalue weighted by Crippen LogP contribution is -2.44. The van der Waals surface area contributed by atoms with Gasteiger partial charge >= 0.3 is 0 Å². The molecule has 2 N–H and O–H groups in total. The first-order valence-electron chi connectivity index (χ1n) is 6.13. The first-order chi connectivity index (χ1) is 7.55. The molecule has 2 unspecified atom stereocenters. The molecule has 1 amide bonds. The van der Waals surface area contributed by atoms with Crippen molar-refractivity contribution in [2.45, 2.75) is 45.1 Å². The second-order valence-corrected chi connectivity index (χ2v) is 4.88. The van der Waals surface area contributed by atoms with Crippen LogP contribution < -0.4 is 5.32 Å². The van der Waals surface area contributed by atoms with Gasteiger partial charge in [0.25, 0.3) is 0 Å². The van der Waals surface area contributed by atoms with Crippen LogP contribution in [0.15, 0.2) is 0 Å². The van der Waals surface area contributed by atoms with Gasteiger partial charge < -0.3 is 15.2 Å². The second kappa shape index (κ2) is 6.21. The zero-order chi connectivity index (χ0) is 12.0. The van der Waals surface area contributed by atoms with Gasteiger partial charge in [-0.1, -0.05) is 13.3 Å². The standard InChI is InChI=1S/C12H23NO3/c1-3-6-12(2,15)9-13-11(14)10-5-4-7-16-8-10/h10,15H,3-9H2,1-2H3,(H,13,14). The summed E-state index contributed by atoms with van der Waals surface area (Å²) >= 11 is 0. The number of nitrogens with one attached hydrogen (secondary N) is 1. The summed E-state index contributed by atoms with van der Waals surface area (Å²) in [4.78, 5) is 11.7. The Balaban J connectivity index is 2.28. The molecule has 94 valence electrons. The minimum Gasteiger partial charge on any atom is -0.388 e. The Kier molecular flexibility index (Phi) is 5.22. The Morgan fingerprint density at radius 1 is 1.62 bits per heavy atom. The molecule has 1 heterocycles. The van der Waals surface area contributed by atoms with Gasteiger partial charge in [-0.15, -0.1) is 0 Å². The summed E-state index contributed by atoms with van der Waals surface area (Å²) in [5.41, 5.74) is -0.792. The highest BCUT2D eigenvalue weighted by molar-refractivity contribution is 5.78. The van der Waals surface area contributed by atoms with E-state index in [-0.39, 0.29) is 11.8 Å². The van der Waals surface area contributed by atoms with E-state index in [1.165, 1.54) is 0 Å². The van der Waals surface area contributed by atoms with Crippen LogP contribution in [0.4, 0.5) is 0 Å². The van der Waals surface area contributed by atoms with Crippen LogP contribution in [0.2, 0.25) is 0 Å². The normalized spacial score (nSPS) is 24.8. The molecule has 0 aromatic heterocycles. The van der Waals surface area contributed by atoms with E-state index in [4.69, 9.17) is 4.74 Å². The molecular formula is C12H23NO3. The van der Waals surface area contributed by atoms with Gasteiger partial charge in [0.05, 0.1) is 18.1 Å². The van der Waals surface area contributed by atoms with Crippen LogP contribution in [0.25, 0.3) is 0 Å². The fraction of sp³-hybridized carbons (Fsp3) is 0.917. The van der Waals surface area contributed by atoms with Crippen LogP contribution in [-0.2, 0) is 9.53 Å². The van der Waals surface area contributed by atoms with Crippen molar-refractivity contribution in [1.82, 2.24) is 5.32 Å². The van der Waals surface area contributed by atoms with Crippen LogP contribution >= 0.6 is 0 Å². The fourth-order valence-corrected chi connectivity index (χ4v) is 2.00. The van der Waals surface area contributed by atoms with E-state index >= 15 is 0 Å². The van der Waals surface area contributed by atoms with Crippen molar-refractivity contribution in [2.75, 3.05) is 19.8 Å². The maximum Gasteiger partial charge on any atom is 0.225 e. The number of rotatable bonds is 5. The average Bonchev–Trinajstić information content (AvgIpc) is 2.27. The largest absolute Gasteiger partial charge is 0.388 e. The summed E-state index contributed by atoms with van der Waals surface area (Å²) in [7, 11) is 0. The smallest absolute Gasteiger partial charge is 0.225 e. The van der Waals surface area contributed by atoms with Crippen LogP contribution in [0.1, 0.15) is 39.5 Å². The lowest BCUT2D eigenvalue weighted by molar-refractivity contribution is -0.130. The number of amides is 1. The summed E-state index contributed by atoms with van der Waals surface area (Å²) < 4.78 is 5.26. The molecule has 0 bridgehead atoms. The van der Waals surface area contributed by atoms with Crippen molar-refractivity contribution in [2.24, 2.45) is 5.92 Å². The number of aliphatic hydroxyl groups is 1. The highest BCUT2D eigenvalue weighted by atomic mass is 16.5. The average molecular weight is 229 g/mol. The Morgan fingerprint density at radius 3 is 2.94 bits per heavy atom. The first kappa shape index (κ1) is 13.5. The molecule has 16 heavy (non-hydrogen) atoms. The molecule has 1 fully saturated rings. The van der Waals surface area contributed by atoms with Gasteiger partial charge in [0.15, 0.2) is 0 Å². The number of hydrogen-bond acceptors (Lipinski definition) is 3. The minimum atomic E-state index is -0.792. The Bertz CT molecular complexity index is 222. The van der Waals surface area contributed by atoms with Crippen LogP contribution in [0.5, 0.6) is 0 Å². The summed E-state index contributed by atoms with van der Waals surface area (Å²) in [6, 6.07) is 0. The maximum atomic E-state index is 11.7. The second-order valence-electron chi connectivity index (χ2n) is 4.88. The van der Waals surface area contributed by atoms with Crippen LogP contribution in [-0.4, -0.2) is 36.4 Å². The van der Waals surface area contributed by atoms with Gasteiger partial charge in [-0.3, -0.25) is 4.79 Å². The molecule has 1 aliphatic rings. The van der Waals surface area contributed by atoms with E-state index in [0.717, 1.165) is 25.9 Å². The molecule has 0 aromatic carbocycles. The number of ether oxygens (including phenoxy) is 1. The quantitative estimate of drug-likeness (QED) is 0.741. The third-order valence-corrected chi connectivity index (χ3v) is 2.96. The van der Waals surface area contributed by atoms with Crippen molar-refractivity contribution in [3.63, 3.8) is 0 Å². The molecule has 0 spiro atoms. The van der Waals surface area contributed by atoms with Gasteiger partial charge in [0.2, 0.25) is 5.91 Å². The summed E-state index contributed by atoms with van der Waals surface area (Å²) in [6.45, 7) is 5.38. The minimum absolute atomic E-state index is 0.0103. The van der Waals surface area contributed by atoms with Crippen LogP contribution in [0, 0.1) is 5.92 Å². The van der Waals surface area contributed by atoms with E-state index < -0.39 is 5.60 Å². The summed E-state index contributed by atoms with van der Waals surface area (Å²) in [5, 5.41) is 12.7. The molecule has 0 aromatic rings. The van der Waals surface area contributed by atoms with Crippen molar-refractivity contribution >= 4 is 5.91 Å². The molecule has 1 saturated heterocycles. The molecular weight excluding hydrogens is 206 g/mol. The fourth-order valence-electron chi connectivity index (χ4n) is 2.00. The Morgan fingerprint density at radius 2 is 2.38 bits per heavy atom. The van der Waals surface area contributed by atoms with Gasteiger partial charge in [-0.2, -0.15) is 0 Å². The SMILES string of the molecule is CCCC(C)(O)CNC(=O)C1CCCOC1. The first-order valence-corrected chi connectivity index (χ1v) is 6.13. The highest BCUT2D eigenvalue weighted by Gasteiger charge is 2.25. The summed E-state index contributed by atoms with van der Waals surface area (Å²) in [5.74, 6) is -0.0257. The number of carbonyl (C=O) groups excluding carboxylic acids is 1. The monoisotopic (exact) mass is 229 g/mol. The van der Waals surface area contributed by atoms with Crippen molar-refractivity contribution < 1.29 is 14.6 Å². The molecule has 1 rings (SSSR count). The zero-order valence-corrected chi connectivity index (χ0v) is 10.3.